The van der Waals surface area contributed by atoms with Gasteiger partial charge in [0.2, 0.25) is 5.82 Å². The van der Waals surface area contributed by atoms with E-state index in [2.05, 4.69) is 15.2 Å². The maximum atomic E-state index is 9.69. The van der Waals surface area contributed by atoms with Crippen LogP contribution in [0.5, 0.6) is 5.75 Å². The Bertz CT molecular complexity index is 730. The highest BCUT2D eigenvalue weighted by molar-refractivity contribution is 5.60. The van der Waals surface area contributed by atoms with Gasteiger partial charge in [-0.3, -0.25) is 4.68 Å². The van der Waals surface area contributed by atoms with E-state index >= 15 is 0 Å². The van der Waals surface area contributed by atoms with Crippen LogP contribution >= 0.6 is 0 Å². The van der Waals surface area contributed by atoms with Crippen LogP contribution in [0.4, 0.5) is 0 Å². The van der Waals surface area contributed by atoms with Gasteiger partial charge in [0.1, 0.15) is 5.75 Å². The summed E-state index contributed by atoms with van der Waals surface area (Å²) in [4.78, 5) is 4.29. The molecule has 2 aromatic heterocycles. The van der Waals surface area contributed by atoms with Crippen LogP contribution in [0.1, 0.15) is 5.56 Å². The fourth-order valence-corrected chi connectivity index (χ4v) is 1.74. The number of phenolic OH excluding ortho intramolecular Hbond substituents is 1. The van der Waals surface area contributed by atoms with E-state index in [1.807, 2.05) is 20.0 Å². The highest BCUT2D eigenvalue weighted by Gasteiger charge is 2.12. The van der Waals surface area contributed by atoms with Crippen molar-refractivity contribution < 1.29 is 9.63 Å². The molecule has 0 aliphatic carbocycles. The molecule has 0 bridgehead atoms. The molecule has 0 atom stereocenters. The number of aromatic hydroxyl groups is 1. The number of aromatic nitrogens is 4. The number of rotatable bonds is 2. The fourth-order valence-electron chi connectivity index (χ4n) is 1.74. The molecule has 0 saturated heterocycles. The third kappa shape index (κ3) is 2.08. The molecule has 0 radical (unpaired) electrons. The van der Waals surface area contributed by atoms with E-state index in [0.717, 1.165) is 11.1 Å². The molecule has 0 fully saturated rings. The smallest absolute Gasteiger partial charge is 0.258 e. The van der Waals surface area contributed by atoms with Crippen molar-refractivity contribution in [2.45, 2.75) is 6.92 Å². The van der Waals surface area contributed by atoms with E-state index in [-0.39, 0.29) is 5.75 Å². The summed E-state index contributed by atoms with van der Waals surface area (Å²) in [5.74, 6) is 1.05. The van der Waals surface area contributed by atoms with E-state index in [9.17, 15) is 5.11 Å². The zero-order valence-corrected chi connectivity index (χ0v) is 10.5. The van der Waals surface area contributed by atoms with E-state index in [4.69, 9.17) is 4.52 Å². The van der Waals surface area contributed by atoms with Crippen LogP contribution in [0.2, 0.25) is 0 Å². The predicted molar refractivity (Wildman–Crippen MR) is 68.3 cm³/mol. The van der Waals surface area contributed by atoms with Gasteiger partial charge in [0.25, 0.3) is 5.89 Å². The van der Waals surface area contributed by atoms with Gasteiger partial charge in [0.05, 0.1) is 11.8 Å². The van der Waals surface area contributed by atoms with Crippen molar-refractivity contribution in [2.24, 2.45) is 7.05 Å². The standard InChI is InChI=1S/C13H12N4O2/c1-8-3-4-9(5-11(8)18)13-15-12(16-19-13)10-6-14-17(2)7-10/h3-7,18H,1-2H3. The van der Waals surface area contributed by atoms with Gasteiger partial charge in [0, 0.05) is 18.8 Å². The van der Waals surface area contributed by atoms with Crippen molar-refractivity contribution in [2.75, 3.05) is 0 Å². The van der Waals surface area contributed by atoms with E-state index < -0.39 is 0 Å². The number of benzene rings is 1. The molecule has 3 rings (SSSR count). The zero-order chi connectivity index (χ0) is 13.4. The van der Waals surface area contributed by atoms with Crippen LogP contribution in [0.25, 0.3) is 22.8 Å². The van der Waals surface area contributed by atoms with Crippen LogP contribution in [-0.4, -0.2) is 25.0 Å². The quantitative estimate of drug-likeness (QED) is 0.760. The molecule has 96 valence electrons. The Balaban J connectivity index is 1.98. The van der Waals surface area contributed by atoms with Gasteiger partial charge >= 0.3 is 0 Å². The largest absolute Gasteiger partial charge is 0.508 e. The first-order chi connectivity index (χ1) is 9.13. The molecule has 0 aliphatic rings. The lowest BCUT2D eigenvalue weighted by Crippen LogP contribution is -1.84. The Morgan fingerprint density at radius 2 is 2.11 bits per heavy atom. The van der Waals surface area contributed by atoms with Crippen molar-refractivity contribution >= 4 is 0 Å². The molecular weight excluding hydrogens is 244 g/mol. The Hall–Kier alpha value is -2.63. The van der Waals surface area contributed by atoms with Gasteiger partial charge in [-0.1, -0.05) is 11.2 Å². The second-order valence-electron chi connectivity index (χ2n) is 4.33. The van der Waals surface area contributed by atoms with Crippen molar-refractivity contribution in [1.29, 1.82) is 0 Å². The van der Waals surface area contributed by atoms with Crippen LogP contribution in [0, 0.1) is 6.92 Å². The van der Waals surface area contributed by atoms with E-state index in [1.54, 1.807) is 29.2 Å². The second kappa shape index (κ2) is 4.24. The first kappa shape index (κ1) is 11.5. The van der Waals surface area contributed by atoms with Crippen LogP contribution in [0.15, 0.2) is 35.1 Å². The monoisotopic (exact) mass is 256 g/mol. The van der Waals surface area contributed by atoms with Crippen LogP contribution < -0.4 is 0 Å². The molecule has 6 heteroatoms. The maximum absolute atomic E-state index is 9.69. The summed E-state index contributed by atoms with van der Waals surface area (Å²) in [6.45, 7) is 1.83. The minimum Gasteiger partial charge on any atom is -0.508 e. The Kier molecular flexibility index (Phi) is 2.56. The van der Waals surface area contributed by atoms with Gasteiger partial charge in [-0.2, -0.15) is 10.1 Å². The molecule has 2 heterocycles. The number of hydrogen-bond acceptors (Lipinski definition) is 5. The molecule has 0 aliphatic heterocycles. The maximum Gasteiger partial charge on any atom is 0.258 e. The van der Waals surface area contributed by atoms with Crippen LogP contribution in [0.3, 0.4) is 0 Å². The molecule has 0 spiro atoms. The van der Waals surface area contributed by atoms with Crippen molar-refractivity contribution in [1.82, 2.24) is 19.9 Å². The minimum absolute atomic E-state index is 0.207. The molecule has 0 amide bonds. The summed E-state index contributed by atoms with van der Waals surface area (Å²) in [7, 11) is 1.82. The number of nitrogens with zero attached hydrogens (tertiary/aromatic N) is 4. The molecular formula is C13H12N4O2. The summed E-state index contributed by atoms with van der Waals surface area (Å²) < 4.78 is 6.87. The normalized spacial score (nSPS) is 10.8. The molecule has 3 aromatic rings. The highest BCUT2D eigenvalue weighted by Crippen LogP contribution is 2.26. The number of hydrogen-bond donors (Lipinski definition) is 1. The predicted octanol–water partition coefficient (Wildman–Crippen LogP) is 2.15. The molecule has 19 heavy (non-hydrogen) atoms. The van der Waals surface area contributed by atoms with Gasteiger partial charge in [0.15, 0.2) is 0 Å². The summed E-state index contributed by atoms with van der Waals surface area (Å²) in [6.07, 6.45) is 3.47. The molecule has 6 nitrogen and oxygen atoms in total. The van der Waals surface area contributed by atoms with Gasteiger partial charge in [-0.05, 0) is 24.6 Å². The summed E-state index contributed by atoms with van der Waals surface area (Å²) in [5, 5.41) is 17.6. The number of phenols is 1. The average molecular weight is 256 g/mol. The zero-order valence-electron chi connectivity index (χ0n) is 10.5. The first-order valence-electron chi connectivity index (χ1n) is 5.76. The van der Waals surface area contributed by atoms with Crippen molar-refractivity contribution in [3.05, 3.63) is 36.2 Å². The van der Waals surface area contributed by atoms with E-state index in [1.165, 1.54) is 0 Å². The van der Waals surface area contributed by atoms with Gasteiger partial charge < -0.3 is 9.63 Å². The topological polar surface area (TPSA) is 77.0 Å². The van der Waals surface area contributed by atoms with Gasteiger partial charge in [-0.15, -0.1) is 0 Å². The van der Waals surface area contributed by atoms with Crippen molar-refractivity contribution in [3.8, 4) is 28.6 Å². The minimum atomic E-state index is 0.207. The van der Waals surface area contributed by atoms with Crippen LogP contribution in [-0.2, 0) is 7.05 Å². The third-order valence-corrected chi connectivity index (χ3v) is 2.85. The van der Waals surface area contributed by atoms with E-state index in [0.29, 0.717) is 17.3 Å². The molecule has 1 aromatic carbocycles. The lowest BCUT2D eigenvalue weighted by molar-refractivity contribution is 0.431. The lowest BCUT2D eigenvalue weighted by Gasteiger charge is -1.99. The molecule has 0 unspecified atom stereocenters. The first-order valence-corrected chi connectivity index (χ1v) is 5.76. The van der Waals surface area contributed by atoms with Crippen molar-refractivity contribution in [3.63, 3.8) is 0 Å². The fraction of sp³-hybridized carbons (Fsp3) is 0.154. The number of aryl methyl sites for hydroxylation is 2. The third-order valence-electron chi connectivity index (χ3n) is 2.85. The Morgan fingerprint density at radius 1 is 1.26 bits per heavy atom. The highest BCUT2D eigenvalue weighted by atomic mass is 16.5. The lowest BCUT2D eigenvalue weighted by atomic mass is 10.1. The average Bonchev–Trinajstić information content (AvgIpc) is 3.01. The summed E-state index contributed by atoms with van der Waals surface area (Å²) in [6, 6.07) is 5.24. The SMILES string of the molecule is Cc1ccc(-c2nc(-c3cnn(C)c3)no2)cc1O. The summed E-state index contributed by atoms with van der Waals surface area (Å²) in [5.41, 5.74) is 2.27. The molecule has 1 N–H and O–H groups in total. The second-order valence-corrected chi connectivity index (χ2v) is 4.33. The Labute approximate surface area is 109 Å². The van der Waals surface area contributed by atoms with Gasteiger partial charge in [-0.25, -0.2) is 0 Å². The molecule has 0 saturated carbocycles. The summed E-state index contributed by atoms with van der Waals surface area (Å²) >= 11 is 0. The Morgan fingerprint density at radius 3 is 2.79 bits per heavy atom.